The molecule has 0 radical (unpaired) electrons. The van der Waals surface area contributed by atoms with Gasteiger partial charge in [-0.3, -0.25) is 18.6 Å². The first-order valence-electron chi connectivity index (χ1n) is 26.9. The second-order valence-electron chi connectivity index (χ2n) is 17.8. The summed E-state index contributed by atoms with van der Waals surface area (Å²) < 4.78 is 27.0. The van der Waals surface area contributed by atoms with Crippen molar-refractivity contribution >= 4 is 19.7 Å². The Hall–Kier alpha value is -2.55. The smallest absolute Gasteiger partial charge is 0.463 e. The Kier molecular flexibility index (Phi) is 49.8. The van der Waals surface area contributed by atoms with Gasteiger partial charge in [0.25, 0.3) is 0 Å². The molecule has 3 N–H and O–H groups in total. The number of phosphoric acid groups is 1. The average Bonchev–Trinajstić information content (AvgIpc) is 3.31. The number of rotatable bonds is 50. The summed E-state index contributed by atoms with van der Waals surface area (Å²) >= 11 is 0. The predicted octanol–water partition coefficient (Wildman–Crippen LogP) is 16.2. The summed E-state index contributed by atoms with van der Waals surface area (Å²) in [5.74, 6) is -0.556. The number of allylic oxidation sites excluding steroid dienone is 12. The SMILES string of the molecule is CC/C=C\C/C=C\C/C=C\C/C=C\C/C=C\C/C=C\CCCCC(=O)NCCOP(=O)(O)OCC(O)COC(=O)CCCCCCCCCCCCCCCCCCCCCCCCCC. The number of hydrogen-bond acceptors (Lipinski definition) is 7. The molecule has 0 saturated carbocycles. The number of nitrogens with one attached hydrogen (secondary N) is 1. The van der Waals surface area contributed by atoms with Gasteiger partial charge in [0.1, 0.15) is 12.7 Å². The number of phosphoric ester groups is 1. The van der Waals surface area contributed by atoms with Gasteiger partial charge in [-0.05, 0) is 64.2 Å². The van der Waals surface area contributed by atoms with Crippen LogP contribution >= 0.6 is 7.82 Å². The van der Waals surface area contributed by atoms with Gasteiger partial charge in [-0.2, -0.15) is 0 Å². The minimum Gasteiger partial charge on any atom is -0.463 e. The molecule has 2 atom stereocenters. The van der Waals surface area contributed by atoms with Gasteiger partial charge in [0, 0.05) is 19.4 Å². The molecule has 0 aromatic heterocycles. The molecule has 0 bridgehead atoms. The van der Waals surface area contributed by atoms with Crippen molar-refractivity contribution in [3.8, 4) is 0 Å². The van der Waals surface area contributed by atoms with Crippen molar-refractivity contribution in [3.05, 3.63) is 72.9 Å². The Labute approximate surface area is 405 Å². The normalized spacial score (nSPS) is 13.7. The molecule has 0 aliphatic carbocycles. The summed E-state index contributed by atoms with van der Waals surface area (Å²) in [4.78, 5) is 34.1. The van der Waals surface area contributed by atoms with Crippen LogP contribution in [0.5, 0.6) is 0 Å². The maximum atomic E-state index is 12.2. The number of ether oxygens (including phenoxy) is 1. The van der Waals surface area contributed by atoms with Gasteiger partial charge in [0.15, 0.2) is 0 Å². The fourth-order valence-electron chi connectivity index (χ4n) is 7.39. The van der Waals surface area contributed by atoms with E-state index in [0.717, 1.165) is 77.0 Å². The van der Waals surface area contributed by atoms with Crippen molar-refractivity contribution in [1.29, 1.82) is 0 Å². The zero-order valence-electron chi connectivity index (χ0n) is 42.4. The maximum absolute atomic E-state index is 12.2. The monoisotopic (exact) mass is 946 g/mol. The molecule has 0 aromatic carbocycles. The molecule has 10 heteroatoms. The molecule has 9 nitrogen and oxygen atoms in total. The third-order valence-corrected chi connectivity index (χ3v) is 12.4. The molecule has 0 fully saturated rings. The zero-order chi connectivity index (χ0) is 48.1. The summed E-state index contributed by atoms with van der Waals surface area (Å²) in [5, 5.41) is 12.7. The molecule has 0 spiro atoms. The molecule has 66 heavy (non-hydrogen) atoms. The van der Waals surface area contributed by atoms with Crippen LogP contribution in [0.4, 0.5) is 0 Å². The Bertz CT molecular complexity index is 1310. The Balaban J connectivity index is 3.59. The molecule has 2 unspecified atom stereocenters. The molecule has 382 valence electrons. The maximum Gasteiger partial charge on any atom is 0.472 e. The van der Waals surface area contributed by atoms with E-state index in [9.17, 15) is 24.2 Å². The second-order valence-corrected chi connectivity index (χ2v) is 19.3. The number of amides is 1. The number of carbonyl (C=O) groups is 2. The predicted molar refractivity (Wildman–Crippen MR) is 279 cm³/mol. The van der Waals surface area contributed by atoms with Crippen LogP contribution in [0, 0.1) is 0 Å². The molecule has 0 aromatic rings. The molecule has 0 rings (SSSR count). The van der Waals surface area contributed by atoms with Crippen molar-refractivity contribution in [3.63, 3.8) is 0 Å². The third-order valence-electron chi connectivity index (χ3n) is 11.4. The van der Waals surface area contributed by atoms with E-state index in [1.165, 1.54) is 135 Å². The average molecular weight is 946 g/mol. The van der Waals surface area contributed by atoms with Crippen molar-refractivity contribution in [1.82, 2.24) is 5.32 Å². The first-order valence-corrected chi connectivity index (χ1v) is 28.4. The number of aliphatic hydroxyl groups excluding tert-OH is 1. The van der Waals surface area contributed by atoms with Crippen molar-refractivity contribution in [2.45, 2.75) is 245 Å². The van der Waals surface area contributed by atoms with Crippen LogP contribution in [0.1, 0.15) is 239 Å². The van der Waals surface area contributed by atoms with E-state index in [0.29, 0.717) is 6.42 Å². The van der Waals surface area contributed by atoms with E-state index < -0.39 is 26.5 Å². The molecular weight excluding hydrogens is 846 g/mol. The quantitative estimate of drug-likeness (QED) is 0.0238. The highest BCUT2D eigenvalue weighted by Crippen LogP contribution is 2.42. The molecule has 0 aliphatic heterocycles. The van der Waals surface area contributed by atoms with Crippen LogP contribution in [0.15, 0.2) is 72.9 Å². The van der Waals surface area contributed by atoms with Gasteiger partial charge < -0.3 is 20.1 Å². The van der Waals surface area contributed by atoms with Crippen molar-refractivity contribution in [2.75, 3.05) is 26.4 Å². The summed E-state index contributed by atoms with van der Waals surface area (Å²) in [6, 6.07) is 0. The number of aliphatic hydroxyl groups is 1. The van der Waals surface area contributed by atoms with Crippen molar-refractivity contribution < 1.29 is 37.9 Å². The summed E-state index contributed by atoms with van der Waals surface area (Å²) in [6.07, 6.45) is 65.7. The lowest BCUT2D eigenvalue weighted by molar-refractivity contribution is -0.147. The Morgan fingerprint density at radius 3 is 1.29 bits per heavy atom. The number of unbranched alkanes of at least 4 members (excludes halogenated alkanes) is 25. The minimum atomic E-state index is -4.44. The minimum absolute atomic E-state index is 0.0552. The van der Waals surface area contributed by atoms with Crippen LogP contribution in [-0.2, 0) is 27.9 Å². The summed E-state index contributed by atoms with van der Waals surface area (Å²) in [5.41, 5.74) is 0. The highest BCUT2D eigenvalue weighted by molar-refractivity contribution is 7.47. The lowest BCUT2D eigenvalue weighted by atomic mass is 10.0. The lowest BCUT2D eigenvalue weighted by Gasteiger charge is -2.15. The Morgan fingerprint density at radius 1 is 0.485 bits per heavy atom. The summed E-state index contributed by atoms with van der Waals surface area (Å²) in [6.45, 7) is 3.42. The topological polar surface area (TPSA) is 131 Å². The van der Waals surface area contributed by atoms with Crippen LogP contribution in [0.2, 0.25) is 0 Å². The molecule has 1 amide bonds. The fraction of sp³-hybridized carbons (Fsp3) is 0.750. The van der Waals surface area contributed by atoms with Crippen LogP contribution in [0.3, 0.4) is 0 Å². The molecule has 0 heterocycles. The van der Waals surface area contributed by atoms with Gasteiger partial charge in [-0.25, -0.2) is 4.57 Å². The van der Waals surface area contributed by atoms with Gasteiger partial charge in [-0.15, -0.1) is 0 Å². The molecular formula is C56H100NO8P. The number of hydrogen-bond donors (Lipinski definition) is 3. The fourth-order valence-corrected chi connectivity index (χ4v) is 8.14. The van der Waals surface area contributed by atoms with E-state index >= 15 is 0 Å². The van der Waals surface area contributed by atoms with E-state index in [2.05, 4.69) is 92.1 Å². The lowest BCUT2D eigenvalue weighted by Crippen LogP contribution is -2.27. The van der Waals surface area contributed by atoms with Gasteiger partial charge in [0.05, 0.1) is 13.2 Å². The van der Waals surface area contributed by atoms with E-state index in [1.54, 1.807) is 0 Å². The first kappa shape index (κ1) is 63.5. The van der Waals surface area contributed by atoms with E-state index in [-0.39, 0.29) is 32.1 Å². The largest absolute Gasteiger partial charge is 0.472 e. The number of esters is 1. The van der Waals surface area contributed by atoms with E-state index in [1.807, 2.05) is 0 Å². The standard InChI is InChI=1S/C56H100NO8P/c1-3-5-7-9-11-13-15-17-19-21-23-25-26-27-29-31-33-35-37-39-41-43-45-47-49-56(60)63-52-54(58)53-65-66(61,62)64-51-50-57-55(59)48-46-44-42-40-38-36-34-32-30-28-24-22-20-18-16-14-12-10-8-6-4-2/h6,8,12,14,18,20,24,28,32,34,38,40,54,58H,3-5,7,9-11,13,15-17,19,21-23,25-27,29-31,33,35-37,39,41-53H2,1-2H3,(H,57,59)(H,61,62)/b8-6-,14-12-,20-18-,28-24-,34-32-,40-38-. The highest BCUT2D eigenvalue weighted by atomic mass is 31.2. The van der Waals surface area contributed by atoms with Gasteiger partial charge in [0.2, 0.25) is 5.91 Å². The number of carbonyl (C=O) groups excluding carboxylic acids is 2. The second kappa shape index (κ2) is 51.8. The summed E-state index contributed by atoms with van der Waals surface area (Å²) in [7, 11) is -4.44. The van der Waals surface area contributed by atoms with Crippen LogP contribution in [-0.4, -0.2) is 54.3 Å². The molecule has 0 aliphatic rings. The van der Waals surface area contributed by atoms with Crippen LogP contribution in [0.25, 0.3) is 0 Å². The first-order chi connectivity index (χ1) is 32.3. The van der Waals surface area contributed by atoms with Crippen molar-refractivity contribution in [2.24, 2.45) is 0 Å². The Morgan fingerprint density at radius 2 is 0.864 bits per heavy atom. The van der Waals surface area contributed by atoms with E-state index in [4.69, 9.17) is 13.8 Å². The zero-order valence-corrected chi connectivity index (χ0v) is 43.3. The molecule has 0 saturated heterocycles. The third kappa shape index (κ3) is 52.4. The van der Waals surface area contributed by atoms with Gasteiger partial charge >= 0.3 is 13.8 Å². The van der Waals surface area contributed by atoms with Crippen LogP contribution < -0.4 is 5.32 Å². The highest BCUT2D eigenvalue weighted by Gasteiger charge is 2.23. The van der Waals surface area contributed by atoms with Gasteiger partial charge in [-0.1, -0.05) is 234 Å².